The number of nitrogens with zero attached hydrogens (tertiary/aromatic N) is 5. The molecular weight excluding hydrogens is 486 g/mol. The van der Waals surface area contributed by atoms with Crippen molar-refractivity contribution in [2.45, 2.75) is 88.9 Å². The number of rotatable bonds is 13. The molecule has 0 unspecified atom stereocenters. The van der Waals surface area contributed by atoms with Gasteiger partial charge in [-0.3, -0.25) is 9.97 Å². The second-order valence-corrected chi connectivity index (χ2v) is 12.0. The minimum Gasteiger partial charge on any atom is -0.382 e. The van der Waals surface area contributed by atoms with Crippen molar-refractivity contribution >= 4 is 9.84 Å². The van der Waals surface area contributed by atoms with E-state index in [0.29, 0.717) is 30.6 Å². The molecule has 0 bridgehead atoms. The number of aryl methyl sites for hydroxylation is 1. The van der Waals surface area contributed by atoms with Crippen molar-refractivity contribution in [3.05, 3.63) is 35.4 Å². The van der Waals surface area contributed by atoms with Crippen LogP contribution in [0.4, 0.5) is 0 Å². The molecule has 3 heterocycles. The highest BCUT2D eigenvalue weighted by Crippen LogP contribution is 2.34. The van der Waals surface area contributed by atoms with Gasteiger partial charge in [0.1, 0.15) is 23.8 Å². The average molecular weight is 526 g/mol. The molecule has 3 rings (SSSR count). The largest absolute Gasteiger partial charge is 0.382 e. The average Bonchev–Trinajstić information content (AvgIpc) is 3.43. The minimum absolute atomic E-state index is 0.0974. The van der Waals surface area contributed by atoms with Crippen molar-refractivity contribution in [2.75, 3.05) is 27.4 Å². The predicted octanol–water partition coefficient (Wildman–Crippen LogP) is 2.92. The van der Waals surface area contributed by atoms with Crippen LogP contribution in [0, 0.1) is 6.92 Å². The van der Waals surface area contributed by atoms with Crippen molar-refractivity contribution < 1.29 is 27.4 Å². The van der Waals surface area contributed by atoms with Crippen LogP contribution in [-0.4, -0.2) is 78.0 Å². The molecule has 1 aliphatic heterocycles. The second kappa shape index (κ2) is 12.5. The fourth-order valence-electron chi connectivity index (χ4n) is 4.39. The molecule has 2 aromatic rings. The summed E-state index contributed by atoms with van der Waals surface area (Å²) in [7, 11) is -0.576. The van der Waals surface area contributed by atoms with Crippen LogP contribution in [0.1, 0.15) is 81.8 Å². The third-order valence-corrected chi connectivity index (χ3v) is 8.27. The van der Waals surface area contributed by atoms with E-state index in [2.05, 4.69) is 20.2 Å². The first kappa shape index (κ1) is 28.6. The molecule has 12 heteroatoms. The zero-order chi connectivity index (χ0) is 26.5. The van der Waals surface area contributed by atoms with Gasteiger partial charge < -0.3 is 23.5 Å². The van der Waals surface area contributed by atoms with Crippen LogP contribution in [-0.2, 0) is 34.5 Å². The molecule has 1 fully saturated rings. The van der Waals surface area contributed by atoms with Gasteiger partial charge in [0.2, 0.25) is 0 Å². The van der Waals surface area contributed by atoms with Crippen molar-refractivity contribution in [3.63, 3.8) is 0 Å². The summed E-state index contributed by atoms with van der Waals surface area (Å²) in [6, 6.07) is -0.310. The second-order valence-electron chi connectivity index (χ2n) is 9.62. The van der Waals surface area contributed by atoms with Gasteiger partial charge in [0, 0.05) is 20.4 Å². The number of aromatic nitrogens is 5. The number of sulfone groups is 1. The molecule has 1 saturated heterocycles. The summed E-state index contributed by atoms with van der Waals surface area (Å²) in [5.41, 5.74) is 1.21. The number of methoxy groups -OCH3 is 2. The van der Waals surface area contributed by atoms with Crippen molar-refractivity contribution in [3.8, 4) is 0 Å². The lowest BCUT2D eigenvalue weighted by atomic mass is 10.2. The van der Waals surface area contributed by atoms with Crippen LogP contribution in [0.25, 0.3) is 0 Å². The maximum Gasteiger partial charge on any atom is 0.163 e. The van der Waals surface area contributed by atoms with Gasteiger partial charge in [-0.15, -0.1) is 10.2 Å². The summed E-state index contributed by atoms with van der Waals surface area (Å²) in [6.07, 6.45) is 3.70. The highest BCUT2D eigenvalue weighted by Gasteiger charge is 2.37. The monoisotopic (exact) mass is 525 g/mol. The summed E-state index contributed by atoms with van der Waals surface area (Å²) in [5.74, 6) is 0.581. The standard InChI is InChI=1S/C24H39N5O6S/c1-15(2)34-23(20-11-25-16(3)10-26-20)18(5)36(30,31)14-22-27-28-24(21-9-8-17(4)35-21)29(22)19(12-32-6)13-33-7/h10-11,15,17-19,21,23H,8-9,12-14H2,1-7H3/t17-,18+,21-,23-/m1/s1. The van der Waals surface area contributed by atoms with Gasteiger partial charge in [-0.05, 0) is 47.5 Å². The molecule has 0 aromatic carbocycles. The smallest absolute Gasteiger partial charge is 0.163 e. The van der Waals surface area contributed by atoms with Gasteiger partial charge in [0.15, 0.2) is 15.7 Å². The molecule has 0 aliphatic carbocycles. The molecule has 1 aliphatic rings. The van der Waals surface area contributed by atoms with Crippen LogP contribution < -0.4 is 0 Å². The van der Waals surface area contributed by atoms with E-state index in [4.69, 9.17) is 18.9 Å². The first-order valence-corrected chi connectivity index (χ1v) is 14.0. The lowest BCUT2D eigenvalue weighted by Gasteiger charge is -2.26. The number of ether oxygens (including phenoxy) is 4. The molecule has 0 N–H and O–H groups in total. The Hall–Kier alpha value is -1.99. The van der Waals surface area contributed by atoms with Gasteiger partial charge in [-0.2, -0.15) is 0 Å². The fourth-order valence-corrected chi connectivity index (χ4v) is 5.79. The third-order valence-electron chi connectivity index (χ3n) is 6.23. The zero-order valence-electron chi connectivity index (χ0n) is 22.2. The molecular formula is C24H39N5O6S. The Labute approximate surface area is 213 Å². The van der Waals surface area contributed by atoms with Crippen molar-refractivity contribution in [1.29, 1.82) is 0 Å². The third kappa shape index (κ3) is 6.86. The Morgan fingerprint density at radius 3 is 2.31 bits per heavy atom. The molecule has 0 saturated carbocycles. The SMILES string of the molecule is COCC(COC)n1c(CS(=O)(=O)[C@@H](C)[C@@H](OC(C)C)c2cnc(C)cn2)nnc1[C@H]1CC[C@@H](C)O1. The molecule has 36 heavy (non-hydrogen) atoms. The first-order valence-electron chi connectivity index (χ1n) is 12.3. The lowest BCUT2D eigenvalue weighted by molar-refractivity contribution is 0.00381. The summed E-state index contributed by atoms with van der Waals surface area (Å²) < 4.78 is 52.2. The Kier molecular flexibility index (Phi) is 9.93. The fraction of sp³-hybridized carbons (Fsp3) is 0.750. The minimum atomic E-state index is -3.76. The highest BCUT2D eigenvalue weighted by atomic mass is 32.2. The molecule has 202 valence electrons. The Balaban J connectivity index is 1.97. The Morgan fingerprint density at radius 2 is 1.78 bits per heavy atom. The van der Waals surface area contributed by atoms with Crippen LogP contribution in [0.15, 0.2) is 12.4 Å². The number of hydrogen-bond donors (Lipinski definition) is 0. The quantitative estimate of drug-likeness (QED) is 0.385. The van der Waals surface area contributed by atoms with E-state index >= 15 is 0 Å². The predicted molar refractivity (Wildman–Crippen MR) is 133 cm³/mol. The van der Waals surface area contributed by atoms with Gasteiger partial charge >= 0.3 is 0 Å². The lowest BCUT2D eigenvalue weighted by Crippen LogP contribution is -2.32. The van der Waals surface area contributed by atoms with Gasteiger partial charge in [-0.1, -0.05) is 0 Å². The van der Waals surface area contributed by atoms with Gasteiger partial charge in [0.05, 0.1) is 54.3 Å². The Bertz CT molecular complexity index is 1070. The normalized spacial score (nSPS) is 20.4. The van der Waals surface area contributed by atoms with E-state index in [9.17, 15) is 8.42 Å². The summed E-state index contributed by atoms with van der Waals surface area (Å²) in [5, 5.41) is 7.79. The molecule has 4 atom stereocenters. The van der Waals surface area contributed by atoms with E-state index in [1.54, 1.807) is 33.5 Å². The molecule has 0 amide bonds. The van der Waals surface area contributed by atoms with Gasteiger partial charge in [0.25, 0.3) is 0 Å². The summed E-state index contributed by atoms with van der Waals surface area (Å²) >= 11 is 0. The highest BCUT2D eigenvalue weighted by molar-refractivity contribution is 7.91. The van der Waals surface area contributed by atoms with E-state index in [-0.39, 0.29) is 30.1 Å². The van der Waals surface area contributed by atoms with Crippen LogP contribution in [0.3, 0.4) is 0 Å². The maximum atomic E-state index is 13.7. The summed E-state index contributed by atoms with van der Waals surface area (Å²) in [4.78, 5) is 8.68. The van der Waals surface area contributed by atoms with Crippen LogP contribution >= 0.6 is 0 Å². The van der Waals surface area contributed by atoms with Crippen LogP contribution in [0.2, 0.25) is 0 Å². The van der Waals surface area contributed by atoms with Crippen LogP contribution in [0.5, 0.6) is 0 Å². The summed E-state index contributed by atoms with van der Waals surface area (Å²) in [6.45, 7) is 9.81. The van der Waals surface area contributed by atoms with Crippen molar-refractivity contribution in [2.24, 2.45) is 0 Å². The Morgan fingerprint density at radius 1 is 1.08 bits per heavy atom. The topological polar surface area (TPSA) is 128 Å². The van der Waals surface area contributed by atoms with E-state index in [0.717, 1.165) is 18.5 Å². The molecule has 0 radical (unpaired) electrons. The zero-order valence-corrected chi connectivity index (χ0v) is 23.1. The van der Waals surface area contributed by atoms with E-state index in [1.807, 2.05) is 32.3 Å². The molecule has 0 spiro atoms. The molecule has 11 nitrogen and oxygen atoms in total. The van der Waals surface area contributed by atoms with Gasteiger partial charge in [-0.25, -0.2) is 8.42 Å². The van der Waals surface area contributed by atoms with E-state index in [1.165, 1.54) is 0 Å². The van der Waals surface area contributed by atoms with Crippen molar-refractivity contribution in [1.82, 2.24) is 24.7 Å². The molecule has 2 aromatic heterocycles. The first-order chi connectivity index (χ1) is 17.1. The maximum absolute atomic E-state index is 13.7. The number of hydrogen-bond acceptors (Lipinski definition) is 10. The van der Waals surface area contributed by atoms with E-state index < -0.39 is 21.2 Å².